The zero-order chi connectivity index (χ0) is 34.6. The molecule has 3 aromatic carbocycles. The maximum absolute atomic E-state index is 13.5. The van der Waals surface area contributed by atoms with Crippen molar-refractivity contribution in [2.24, 2.45) is 5.41 Å². The molecule has 1 fully saturated rings. The summed E-state index contributed by atoms with van der Waals surface area (Å²) < 4.78 is 23.0. The number of ether oxygens (including phenoxy) is 2. The van der Waals surface area contributed by atoms with E-state index in [4.69, 9.17) is 17.8 Å². The molecule has 1 unspecified atom stereocenters. The van der Waals surface area contributed by atoms with E-state index in [0.717, 1.165) is 42.2 Å². The van der Waals surface area contributed by atoms with Crippen molar-refractivity contribution in [1.29, 1.82) is 0 Å². The van der Waals surface area contributed by atoms with Crippen LogP contribution in [0, 0.1) is 5.41 Å². The number of hydrogen-bond donors (Lipinski definition) is 2. The SMILES string of the molecule is CCCC[C@]1(CC)CSc2ccc(N(C)C)cc2[C@@H](c2cccc(NC(=O)N[C@H]3CC(OCc4ccccc4)C[C@@H](COSOC)O3)c2)C1. The molecule has 0 saturated carbocycles. The lowest BCUT2D eigenvalue weighted by Crippen LogP contribution is -2.49. The molecule has 0 aliphatic carbocycles. The van der Waals surface area contributed by atoms with Gasteiger partial charge in [0, 0.05) is 54.9 Å². The number of anilines is 2. The van der Waals surface area contributed by atoms with E-state index in [1.54, 1.807) is 7.11 Å². The molecule has 8 nitrogen and oxygen atoms in total. The van der Waals surface area contributed by atoms with Crippen LogP contribution in [0.1, 0.15) is 81.4 Å². The van der Waals surface area contributed by atoms with Crippen LogP contribution >= 0.6 is 24.1 Å². The Labute approximate surface area is 301 Å². The molecule has 1 saturated heterocycles. The lowest BCUT2D eigenvalue weighted by molar-refractivity contribution is -0.133. The van der Waals surface area contributed by atoms with E-state index in [2.05, 4.69) is 79.9 Å². The predicted octanol–water partition coefficient (Wildman–Crippen LogP) is 9.41. The van der Waals surface area contributed by atoms with Gasteiger partial charge in [0.2, 0.25) is 0 Å². The molecule has 3 aromatic rings. The Morgan fingerprint density at radius 1 is 1.06 bits per heavy atom. The quantitative estimate of drug-likeness (QED) is 0.120. The second kappa shape index (κ2) is 18.5. The van der Waals surface area contributed by atoms with Crippen molar-refractivity contribution < 1.29 is 22.6 Å². The van der Waals surface area contributed by atoms with Crippen molar-refractivity contribution >= 4 is 41.5 Å². The molecule has 5 atom stereocenters. The number of hydrogen-bond acceptors (Lipinski definition) is 8. The van der Waals surface area contributed by atoms with Gasteiger partial charge in [0.25, 0.3) is 0 Å². The van der Waals surface area contributed by atoms with E-state index in [9.17, 15) is 4.79 Å². The van der Waals surface area contributed by atoms with Crippen LogP contribution in [0.4, 0.5) is 16.2 Å². The second-order valence-electron chi connectivity index (χ2n) is 13.5. The lowest BCUT2D eigenvalue weighted by atomic mass is 9.71. The Morgan fingerprint density at radius 3 is 2.65 bits per heavy atom. The summed E-state index contributed by atoms with van der Waals surface area (Å²) in [5, 5.41) is 6.16. The van der Waals surface area contributed by atoms with Gasteiger partial charge in [-0.25, -0.2) is 4.79 Å². The average Bonchev–Trinajstić information content (AvgIpc) is 3.27. The van der Waals surface area contributed by atoms with E-state index < -0.39 is 6.23 Å². The first-order valence-electron chi connectivity index (χ1n) is 17.6. The van der Waals surface area contributed by atoms with Gasteiger partial charge in [-0.2, -0.15) is 0 Å². The molecule has 0 radical (unpaired) electrons. The number of nitrogens with one attached hydrogen (secondary N) is 2. The van der Waals surface area contributed by atoms with Gasteiger partial charge in [-0.05, 0) is 71.7 Å². The minimum absolute atomic E-state index is 0.101. The molecule has 0 aromatic heterocycles. The van der Waals surface area contributed by atoms with Crippen LogP contribution in [0.25, 0.3) is 0 Å². The summed E-state index contributed by atoms with van der Waals surface area (Å²) in [4.78, 5) is 17.0. The first-order valence-corrected chi connectivity index (χ1v) is 19.2. The Kier molecular flexibility index (Phi) is 14.2. The van der Waals surface area contributed by atoms with E-state index in [-0.39, 0.29) is 29.6 Å². The second-order valence-corrected chi connectivity index (χ2v) is 15.2. The Morgan fingerprint density at radius 2 is 1.90 bits per heavy atom. The fourth-order valence-corrected chi connectivity index (χ4v) is 8.66. The van der Waals surface area contributed by atoms with Gasteiger partial charge in [-0.1, -0.05) is 69.2 Å². The summed E-state index contributed by atoms with van der Waals surface area (Å²) >= 11 is 2.94. The molecule has 2 N–H and O–H groups in total. The van der Waals surface area contributed by atoms with Crippen LogP contribution in [0.15, 0.2) is 77.7 Å². The molecule has 2 aliphatic heterocycles. The molecule has 2 amide bonds. The van der Waals surface area contributed by atoms with Gasteiger partial charge < -0.3 is 25.0 Å². The normalized spacial score (nSPS) is 23.7. The third-order valence-electron chi connectivity index (χ3n) is 9.76. The van der Waals surface area contributed by atoms with Crippen molar-refractivity contribution in [3.63, 3.8) is 0 Å². The van der Waals surface area contributed by atoms with Crippen molar-refractivity contribution in [1.82, 2.24) is 5.32 Å². The van der Waals surface area contributed by atoms with Crippen molar-refractivity contribution in [2.75, 3.05) is 43.8 Å². The summed E-state index contributed by atoms with van der Waals surface area (Å²) in [6.45, 7) is 5.45. The van der Waals surface area contributed by atoms with Crippen LogP contribution in [0.2, 0.25) is 0 Å². The molecule has 2 aliphatic rings. The monoisotopic (exact) mass is 707 g/mol. The molecule has 2 heterocycles. The number of fused-ring (bicyclic) bond motifs is 1. The van der Waals surface area contributed by atoms with Crippen LogP contribution in [0.5, 0.6) is 0 Å². The number of benzene rings is 3. The van der Waals surface area contributed by atoms with Gasteiger partial charge in [0.1, 0.15) is 6.23 Å². The molecule has 0 spiro atoms. The number of amides is 2. The van der Waals surface area contributed by atoms with Crippen molar-refractivity contribution in [3.8, 4) is 0 Å². The molecule has 0 bridgehead atoms. The number of carbonyl (C=O) groups excluding carboxylic acids is 1. The summed E-state index contributed by atoms with van der Waals surface area (Å²) in [7, 11) is 5.76. The van der Waals surface area contributed by atoms with Gasteiger partial charge in [0.05, 0.1) is 32.5 Å². The average molecular weight is 708 g/mol. The van der Waals surface area contributed by atoms with Crippen LogP contribution in [-0.4, -0.2) is 58.0 Å². The molecular formula is C39H53N3O5S2. The fraction of sp³-hybridized carbons (Fsp3) is 0.513. The van der Waals surface area contributed by atoms with E-state index in [1.807, 2.05) is 48.2 Å². The maximum atomic E-state index is 13.5. The maximum Gasteiger partial charge on any atom is 0.321 e. The third-order valence-corrected chi connectivity index (χ3v) is 11.6. The Bertz CT molecular complexity index is 1480. The number of nitrogens with zero attached hydrogens (tertiary/aromatic N) is 1. The molecular weight excluding hydrogens is 655 g/mol. The zero-order valence-corrected chi connectivity index (χ0v) is 31.2. The van der Waals surface area contributed by atoms with Gasteiger partial charge in [0.15, 0.2) is 12.3 Å². The van der Waals surface area contributed by atoms with Crippen molar-refractivity contribution in [3.05, 3.63) is 89.5 Å². The minimum atomic E-state index is -0.530. The molecule has 49 heavy (non-hydrogen) atoms. The molecule has 10 heteroatoms. The van der Waals surface area contributed by atoms with E-state index in [0.29, 0.717) is 26.1 Å². The highest BCUT2D eigenvalue weighted by molar-refractivity contribution is 7.99. The largest absolute Gasteiger partial charge is 0.378 e. The Hall–Kier alpha value is -2.73. The standard InChI is InChI=1S/C39H53N3O5S2/c1-6-8-19-39(7-2)24-35(34-21-31(42(3)4)17-18-36(34)48-27-39)29-15-12-16-30(20-29)40-38(43)41-37-23-32(22-33(47-37)26-46-49-44-5)45-25-28-13-10-9-11-14-28/h9-18,20-21,32-33,35,37H,6-8,19,22-27H2,1-5H3,(H2,40,41,43)/t32?,33-,35+,37+,39-/m0/s1. The Balaban J connectivity index is 1.31. The van der Waals surface area contributed by atoms with Crippen LogP contribution in [0.3, 0.4) is 0 Å². The number of thioether (sulfide) groups is 1. The van der Waals surface area contributed by atoms with E-state index >= 15 is 0 Å². The highest BCUT2D eigenvalue weighted by Crippen LogP contribution is 2.51. The fourth-order valence-electron chi connectivity index (χ4n) is 6.89. The first-order chi connectivity index (χ1) is 23.8. The number of rotatable bonds is 15. The molecule has 266 valence electrons. The predicted molar refractivity (Wildman–Crippen MR) is 202 cm³/mol. The number of carbonyl (C=O) groups is 1. The van der Waals surface area contributed by atoms with Gasteiger partial charge in [-0.3, -0.25) is 8.37 Å². The first kappa shape index (κ1) is 37.5. The summed E-state index contributed by atoms with van der Waals surface area (Å²) in [6, 6.07) is 25.1. The molecule has 5 rings (SSSR count). The van der Waals surface area contributed by atoms with Gasteiger partial charge in [-0.15, -0.1) is 11.8 Å². The van der Waals surface area contributed by atoms with Gasteiger partial charge >= 0.3 is 6.03 Å². The van der Waals surface area contributed by atoms with Crippen LogP contribution < -0.4 is 15.5 Å². The topological polar surface area (TPSA) is 81.3 Å². The summed E-state index contributed by atoms with van der Waals surface area (Å²) in [6.07, 6.45) is 6.22. The number of urea groups is 1. The minimum Gasteiger partial charge on any atom is -0.378 e. The highest BCUT2D eigenvalue weighted by Gasteiger charge is 2.37. The third kappa shape index (κ3) is 10.6. The zero-order valence-electron chi connectivity index (χ0n) is 29.6. The summed E-state index contributed by atoms with van der Waals surface area (Å²) in [5.41, 5.74) is 5.93. The van der Waals surface area contributed by atoms with Crippen LogP contribution in [-0.2, 0) is 24.4 Å². The van der Waals surface area contributed by atoms with Crippen molar-refractivity contribution in [2.45, 2.75) is 94.6 Å². The number of unbranched alkanes of at least 4 members (excludes halogenated alkanes) is 1. The smallest absolute Gasteiger partial charge is 0.321 e. The lowest BCUT2D eigenvalue weighted by Gasteiger charge is -2.35. The highest BCUT2D eigenvalue weighted by atomic mass is 32.2. The summed E-state index contributed by atoms with van der Waals surface area (Å²) in [5.74, 6) is 1.35. The van der Waals surface area contributed by atoms with E-state index in [1.165, 1.54) is 41.0 Å².